The predicted molar refractivity (Wildman–Crippen MR) is 80.6 cm³/mol. The number of nitrogens with zero attached hydrogens (tertiary/aromatic N) is 1. The number of carbonyl (C=O) groups is 1. The van der Waals surface area contributed by atoms with Gasteiger partial charge in [0.2, 0.25) is 0 Å². The second-order valence-corrected chi connectivity index (χ2v) is 7.04. The summed E-state index contributed by atoms with van der Waals surface area (Å²) in [6, 6.07) is 0.360. The Labute approximate surface area is 122 Å². The summed E-state index contributed by atoms with van der Waals surface area (Å²) in [6.45, 7) is 6.31. The summed E-state index contributed by atoms with van der Waals surface area (Å²) in [4.78, 5) is 14.4. The molecule has 2 fully saturated rings. The third-order valence-electron chi connectivity index (χ3n) is 4.95. The standard InChI is InChI=1S/C16H30N2O2/c1-3-9-16(2)10-4-11-18(12-16)15(20)17-13-5-7-14(19)8-6-13/h13-14,19H,3-12H2,1-2H3,(H,17,20). The van der Waals surface area contributed by atoms with Crippen molar-refractivity contribution in [3.8, 4) is 0 Å². The first-order chi connectivity index (χ1) is 9.52. The molecule has 2 N–H and O–H groups in total. The van der Waals surface area contributed by atoms with Gasteiger partial charge >= 0.3 is 6.03 Å². The van der Waals surface area contributed by atoms with Crippen molar-refractivity contribution < 1.29 is 9.90 Å². The zero-order chi connectivity index (χ0) is 14.6. The molecule has 1 aliphatic heterocycles. The maximum absolute atomic E-state index is 12.4. The van der Waals surface area contributed by atoms with Crippen molar-refractivity contribution >= 4 is 6.03 Å². The number of rotatable bonds is 3. The van der Waals surface area contributed by atoms with Gasteiger partial charge in [-0.2, -0.15) is 0 Å². The molecule has 2 aliphatic rings. The minimum atomic E-state index is -0.161. The van der Waals surface area contributed by atoms with Crippen molar-refractivity contribution in [3.05, 3.63) is 0 Å². The molecule has 2 rings (SSSR count). The van der Waals surface area contributed by atoms with Crippen LogP contribution >= 0.6 is 0 Å². The number of carbonyl (C=O) groups excluding carboxylic acids is 1. The normalized spacial score (nSPS) is 34.9. The largest absolute Gasteiger partial charge is 0.393 e. The average molecular weight is 282 g/mol. The Hall–Kier alpha value is -0.770. The van der Waals surface area contributed by atoms with E-state index in [9.17, 15) is 9.90 Å². The SMILES string of the molecule is CCCC1(C)CCCN(C(=O)NC2CCC(O)CC2)C1. The number of nitrogens with one attached hydrogen (secondary N) is 1. The van der Waals surface area contributed by atoms with Gasteiger partial charge in [0.05, 0.1) is 6.10 Å². The monoisotopic (exact) mass is 282 g/mol. The first-order valence-electron chi connectivity index (χ1n) is 8.26. The summed E-state index contributed by atoms with van der Waals surface area (Å²) in [5, 5.41) is 12.7. The maximum Gasteiger partial charge on any atom is 0.317 e. The van der Waals surface area contributed by atoms with Crippen LogP contribution in [0.25, 0.3) is 0 Å². The van der Waals surface area contributed by atoms with Gasteiger partial charge in [0.25, 0.3) is 0 Å². The zero-order valence-corrected chi connectivity index (χ0v) is 13.0. The number of urea groups is 1. The Balaban J connectivity index is 1.82. The fourth-order valence-corrected chi connectivity index (χ4v) is 3.78. The number of likely N-dealkylation sites (tertiary alicyclic amines) is 1. The van der Waals surface area contributed by atoms with Crippen LogP contribution in [0.2, 0.25) is 0 Å². The average Bonchev–Trinajstić information content (AvgIpc) is 2.41. The number of piperidine rings is 1. The number of aliphatic hydroxyl groups is 1. The molecule has 2 amide bonds. The second-order valence-electron chi connectivity index (χ2n) is 7.04. The van der Waals surface area contributed by atoms with Crippen molar-refractivity contribution in [1.82, 2.24) is 10.2 Å². The highest BCUT2D eigenvalue weighted by molar-refractivity contribution is 5.74. The van der Waals surface area contributed by atoms with Crippen LogP contribution in [0.5, 0.6) is 0 Å². The van der Waals surface area contributed by atoms with Crippen LogP contribution in [-0.4, -0.2) is 41.3 Å². The van der Waals surface area contributed by atoms with Crippen LogP contribution in [-0.2, 0) is 0 Å². The topological polar surface area (TPSA) is 52.6 Å². The highest BCUT2D eigenvalue weighted by Gasteiger charge is 2.33. The van der Waals surface area contributed by atoms with Gasteiger partial charge < -0.3 is 15.3 Å². The molecule has 4 heteroatoms. The molecular weight excluding hydrogens is 252 g/mol. The van der Waals surface area contributed by atoms with Crippen LogP contribution in [0.1, 0.15) is 65.2 Å². The fourth-order valence-electron chi connectivity index (χ4n) is 3.78. The highest BCUT2D eigenvalue weighted by Crippen LogP contribution is 2.34. The minimum absolute atomic E-state index is 0.105. The first-order valence-corrected chi connectivity index (χ1v) is 8.26. The molecule has 116 valence electrons. The third-order valence-corrected chi connectivity index (χ3v) is 4.95. The molecule has 0 radical (unpaired) electrons. The molecule has 0 aromatic rings. The van der Waals surface area contributed by atoms with E-state index in [-0.39, 0.29) is 18.2 Å². The maximum atomic E-state index is 12.4. The molecular formula is C16H30N2O2. The molecule has 1 heterocycles. The fraction of sp³-hybridized carbons (Fsp3) is 0.938. The molecule has 4 nitrogen and oxygen atoms in total. The van der Waals surface area contributed by atoms with E-state index < -0.39 is 0 Å². The molecule has 1 unspecified atom stereocenters. The number of hydrogen-bond acceptors (Lipinski definition) is 2. The summed E-state index contributed by atoms with van der Waals surface area (Å²) in [7, 11) is 0. The Morgan fingerprint density at radius 1 is 1.35 bits per heavy atom. The number of amides is 2. The van der Waals surface area contributed by atoms with Gasteiger partial charge in [-0.05, 0) is 50.4 Å². The molecule has 20 heavy (non-hydrogen) atoms. The van der Waals surface area contributed by atoms with Crippen molar-refractivity contribution in [3.63, 3.8) is 0 Å². The Kier molecular flexibility index (Phi) is 5.30. The minimum Gasteiger partial charge on any atom is -0.393 e. The Morgan fingerprint density at radius 3 is 2.70 bits per heavy atom. The summed E-state index contributed by atoms with van der Waals surface area (Å²) < 4.78 is 0. The Morgan fingerprint density at radius 2 is 2.05 bits per heavy atom. The third kappa shape index (κ3) is 4.11. The summed E-state index contributed by atoms with van der Waals surface area (Å²) in [5.74, 6) is 0. The molecule has 0 aromatic carbocycles. The van der Waals surface area contributed by atoms with Gasteiger partial charge in [0.1, 0.15) is 0 Å². The molecule has 1 atom stereocenters. The van der Waals surface area contributed by atoms with Crippen LogP contribution in [0.3, 0.4) is 0 Å². The Bertz CT molecular complexity index is 322. The van der Waals surface area contributed by atoms with E-state index in [0.717, 1.165) is 45.2 Å². The zero-order valence-electron chi connectivity index (χ0n) is 13.0. The van der Waals surface area contributed by atoms with Gasteiger partial charge in [0.15, 0.2) is 0 Å². The predicted octanol–water partition coefficient (Wildman–Crippen LogP) is 2.90. The molecule has 0 spiro atoms. The van der Waals surface area contributed by atoms with E-state index in [0.29, 0.717) is 5.41 Å². The van der Waals surface area contributed by atoms with Crippen LogP contribution in [0, 0.1) is 5.41 Å². The van der Waals surface area contributed by atoms with Gasteiger partial charge in [-0.25, -0.2) is 4.79 Å². The van der Waals surface area contributed by atoms with E-state index in [1.165, 1.54) is 19.3 Å². The quantitative estimate of drug-likeness (QED) is 0.836. The van der Waals surface area contributed by atoms with Gasteiger partial charge in [0, 0.05) is 19.1 Å². The lowest BCUT2D eigenvalue weighted by Crippen LogP contribution is -2.51. The van der Waals surface area contributed by atoms with Crippen molar-refractivity contribution in [2.45, 2.75) is 77.4 Å². The smallest absolute Gasteiger partial charge is 0.317 e. The first kappa shape index (κ1) is 15.6. The molecule has 1 aliphatic carbocycles. The second kappa shape index (κ2) is 6.79. The van der Waals surface area contributed by atoms with E-state index >= 15 is 0 Å². The van der Waals surface area contributed by atoms with E-state index in [4.69, 9.17) is 0 Å². The lowest BCUT2D eigenvalue weighted by molar-refractivity contribution is 0.0975. The van der Waals surface area contributed by atoms with E-state index in [2.05, 4.69) is 19.2 Å². The summed E-state index contributed by atoms with van der Waals surface area (Å²) in [6.07, 6.45) is 8.04. The molecule has 0 aromatic heterocycles. The van der Waals surface area contributed by atoms with E-state index in [1.807, 2.05) is 4.90 Å². The van der Waals surface area contributed by atoms with Crippen LogP contribution < -0.4 is 5.32 Å². The highest BCUT2D eigenvalue weighted by atomic mass is 16.3. The molecule has 0 bridgehead atoms. The summed E-state index contributed by atoms with van der Waals surface area (Å²) >= 11 is 0. The number of aliphatic hydroxyl groups excluding tert-OH is 1. The summed E-state index contributed by atoms with van der Waals surface area (Å²) in [5.41, 5.74) is 0.299. The van der Waals surface area contributed by atoms with Crippen molar-refractivity contribution in [2.75, 3.05) is 13.1 Å². The van der Waals surface area contributed by atoms with Gasteiger partial charge in [-0.1, -0.05) is 20.3 Å². The number of hydrogen-bond donors (Lipinski definition) is 2. The lowest BCUT2D eigenvalue weighted by atomic mass is 9.78. The van der Waals surface area contributed by atoms with Gasteiger partial charge in [-0.3, -0.25) is 0 Å². The van der Waals surface area contributed by atoms with Crippen LogP contribution in [0.15, 0.2) is 0 Å². The van der Waals surface area contributed by atoms with Gasteiger partial charge in [-0.15, -0.1) is 0 Å². The molecule has 1 saturated carbocycles. The van der Waals surface area contributed by atoms with Crippen LogP contribution in [0.4, 0.5) is 4.79 Å². The van der Waals surface area contributed by atoms with Crippen molar-refractivity contribution in [1.29, 1.82) is 0 Å². The lowest BCUT2D eigenvalue weighted by Gasteiger charge is -2.41. The molecule has 1 saturated heterocycles. The van der Waals surface area contributed by atoms with Crippen molar-refractivity contribution in [2.24, 2.45) is 5.41 Å². The van der Waals surface area contributed by atoms with E-state index in [1.54, 1.807) is 0 Å².